The highest BCUT2D eigenvalue weighted by molar-refractivity contribution is 5.76. The van der Waals surface area contributed by atoms with Crippen LogP contribution in [0.2, 0.25) is 0 Å². The molecule has 0 saturated heterocycles. The van der Waals surface area contributed by atoms with E-state index in [-0.39, 0.29) is 18.0 Å². The van der Waals surface area contributed by atoms with E-state index in [4.69, 9.17) is 5.73 Å². The quantitative estimate of drug-likeness (QED) is 0.718. The standard InChI is InChI=1S/C9H16N4O/c1-9(2,3)12-8(14)5-13-4-7(10)11-6-13/h4,6H,5,10H2,1-3H3,(H,12,14). The van der Waals surface area contributed by atoms with Crippen LogP contribution in [0.5, 0.6) is 0 Å². The second-order valence-corrected chi connectivity index (χ2v) is 4.27. The van der Waals surface area contributed by atoms with Crippen LogP contribution < -0.4 is 11.1 Å². The van der Waals surface area contributed by atoms with Gasteiger partial charge in [0.1, 0.15) is 12.4 Å². The maximum Gasteiger partial charge on any atom is 0.240 e. The van der Waals surface area contributed by atoms with Gasteiger partial charge in [-0.3, -0.25) is 4.79 Å². The molecule has 1 heterocycles. The number of aromatic nitrogens is 2. The minimum atomic E-state index is -0.205. The molecule has 5 heteroatoms. The zero-order valence-corrected chi connectivity index (χ0v) is 8.74. The molecule has 1 aromatic rings. The molecular weight excluding hydrogens is 180 g/mol. The lowest BCUT2D eigenvalue weighted by molar-refractivity contribution is -0.123. The number of rotatable bonds is 2. The highest BCUT2D eigenvalue weighted by atomic mass is 16.2. The summed E-state index contributed by atoms with van der Waals surface area (Å²) in [6.07, 6.45) is 3.17. The van der Waals surface area contributed by atoms with Gasteiger partial charge in [-0.25, -0.2) is 4.98 Å². The normalized spacial score (nSPS) is 11.4. The van der Waals surface area contributed by atoms with Crippen molar-refractivity contribution in [3.05, 3.63) is 12.5 Å². The summed E-state index contributed by atoms with van der Waals surface area (Å²) in [5.41, 5.74) is 5.21. The average molecular weight is 196 g/mol. The highest BCUT2D eigenvalue weighted by Crippen LogP contribution is 2.00. The number of nitrogens with zero attached hydrogens (tertiary/aromatic N) is 2. The molecular formula is C9H16N4O. The minimum Gasteiger partial charge on any atom is -0.382 e. The van der Waals surface area contributed by atoms with Crippen LogP contribution in [0.3, 0.4) is 0 Å². The summed E-state index contributed by atoms with van der Waals surface area (Å²) >= 11 is 0. The fourth-order valence-corrected chi connectivity index (χ4v) is 1.09. The molecule has 1 amide bonds. The number of nitrogens with two attached hydrogens (primary N) is 1. The molecule has 78 valence electrons. The molecule has 0 fully saturated rings. The smallest absolute Gasteiger partial charge is 0.240 e. The lowest BCUT2D eigenvalue weighted by Gasteiger charge is -2.20. The molecule has 0 atom stereocenters. The van der Waals surface area contributed by atoms with Crippen molar-refractivity contribution < 1.29 is 4.79 Å². The molecule has 1 rings (SSSR count). The van der Waals surface area contributed by atoms with E-state index in [1.807, 2.05) is 20.8 Å². The van der Waals surface area contributed by atoms with Crippen LogP contribution in [0.4, 0.5) is 5.82 Å². The number of nitrogens with one attached hydrogen (secondary N) is 1. The predicted octanol–water partition coefficient (Wildman–Crippen LogP) is 0.380. The van der Waals surface area contributed by atoms with E-state index in [0.29, 0.717) is 5.82 Å². The summed E-state index contributed by atoms with van der Waals surface area (Å²) in [6.45, 7) is 6.06. The van der Waals surface area contributed by atoms with E-state index in [2.05, 4.69) is 10.3 Å². The van der Waals surface area contributed by atoms with E-state index in [1.54, 1.807) is 10.8 Å². The first-order valence-corrected chi connectivity index (χ1v) is 4.45. The number of hydrogen-bond acceptors (Lipinski definition) is 3. The van der Waals surface area contributed by atoms with Crippen molar-refractivity contribution in [2.75, 3.05) is 5.73 Å². The fourth-order valence-electron chi connectivity index (χ4n) is 1.09. The largest absolute Gasteiger partial charge is 0.382 e. The lowest BCUT2D eigenvalue weighted by Crippen LogP contribution is -2.42. The molecule has 3 N–H and O–H groups in total. The van der Waals surface area contributed by atoms with Crippen LogP contribution in [0.25, 0.3) is 0 Å². The predicted molar refractivity (Wildman–Crippen MR) is 54.5 cm³/mol. The van der Waals surface area contributed by atoms with Crippen LogP contribution in [-0.2, 0) is 11.3 Å². The molecule has 0 spiro atoms. The van der Waals surface area contributed by atoms with Gasteiger partial charge in [0, 0.05) is 11.7 Å². The van der Waals surface area contributed by atoms with Crippen LogP contribution >= 0.6 is 0 Å². The number of carbonyl (C=O) groups excluding carboxylic acids is 1. The van der Waals surface area contributed by atoms with E-state index in [1.165, 1.54) is 6.33 Å². The Hall–Kier alpha value is -1.52. The van der Waals surface area contributed by atoms with E-state index < -0.39 is 0 Å². The topological polar surface area (TPSA) is 72.9 Å². The van der Waals surface area contributed by atoms with Gasteiger partial charge in [-0.15, -0.1) is 0 Å². The Morgan fingerprint density at radius 1 is 1.64 bits per heavy atom. The SMILES string of the molecule is CC(C)(C)NC(=O)Cn1cnc(N)c1. The molecule has 0 aliphatic rings. The van der Waals surface area contributed by atoms with Crippen molar-refractivity contribution in [2.24, 2.45) is 0 Å². The van der Waals surface area contributed by atoms with Crippen LogP contribution in [0, 0.1) is 0 Å². The number of hydrogen-bond donors (Lipinski definition) is 2. The second kappa shape index (κ2) is 3.69. The van der Waals surface area contributed by atoms with Gasteiger partial charge < -0.3 is 15.6 Å². The van der Waals surface area contributed by atoms with Crippen molar-refractivity contribution in [3.8, 4) is 0 Å². The highest BCUT2D eigenvalue weighted by Gasteiger charge is 2.13. The average Bonchev–Trinajstić information content (AvgIpc) is 2.30. The Labute approximate surface area is 83.3 Å². The lowest BCUT2D eigenvalue weighted by atomic mass is 10.1. The van der Waals surface area contributed by atoms with Crippen molar-refractivity contribution in [3.63, 3.8) is 0 Å². The van der Waals surface area contributed by atoms with Gasteiger partial charge in [0.05, 0.1) is 6.33 Å². The van der Waals surface area contributed by atoms with Crippen molar-refractivity contribution in [2.45, 2.75) is 32.9 Å². The third-order valence-electron chi connectivity index (χ3n) is 1.49. The molecule has 0 aromatic carbocycles. The first kappa shape index (κ1) is 10.6. The monoisotopic (exact) mass is 196 g/mol. The number of anilines is 1. The number of nitrogen functional groups attached to an aromatic ring is 1. The molecule has 14 heavy (non-hydrogen) atoms. The molecule has 5 nitrogen and oxygen atoms in total. The zero-order valence-electron chi connectivity index (χ0n) is 8.74. The van der Waals surface area contributed by atoms with Gasteiger partial charge in [0.15, 0.2) is 0 Å². The van der Waals surface area contributed by atoms with Gasteiger partial charge in [-0.1, -0.05) is 0 Å². The third kappa shape index (κ3) is 3.47. The van der Waals surface area contributed by atoms with E-state index in [0.717, 1.165) is 0 Å². The van der Waals surface area contributed by atoms with E-state index in [9.17, 15) is 4.79 Å². The molecule has 0 aliphatic carbocycles. The van der Waals surface area contributed by atoms with Gasteiger partial charge in [0.25, 0.3) is 0 Å². The molecule has 0 radical (unpaired) electrons. The summed E-state index contributed by atoms with van der Waals surface area (Å²) in [7, 11) is 0. The summed E-state index contributed by atoms with van der Waals surface area (Å²) in [5, 5.41) is 2.85. The number of carbonyl (C=O) groups is 1. The Balaban J connectivity index is 2.50. The Morgan fingerprint density at radius 2 is 2.29 bits per heavy atom. The van der Waals surface area contributed by atoms with Crippen molar-refractivity contribution in [1.29, 1.82) is 0 Å². The molecule has 0 saturated carbocycles. The Morgan fingerprint density at radius 3 is 2.71 bits per heavy atom. The zero-order chi connectivity index (χ0) is 10.8. The van der Waals surface area contributed by atoms with Crippen molar-refractivity contribution >= 4 is 11.7 Å². The van der Waals surface area contributed by atoms with Gasteiger partial charge >= 0.3 is 0 Å². The summed E-state index contributed by atoms with van der Waals surface area (Å²) < 4.78 is 1.65. The van der Waals surface area contributed by atoms with Crippen LogP contribution in [0.1, 0.15) is 20.8 Å². The molecule has 0 aliphatic heterocycles. The summed E-state index contributed by atoms with van der Waals surface area (Å²) in [6, 6.07) is 0. The third-order valence-corrected chi connectivity index (χ3v) is 1.49. The Bertz CT molecular complexity index is 324. The van der Waals surface area contributed by atoms with E-state index >= 15 is 0 Å². The first-order chi connectivity index (χ1) is 6.37. The molecule has 1 aromatic heterocycles. The first-order valence-electron chi connectivity index (χ1n) is 4.45. The summed E-state index contributed by atoms with van der Waals surface area (Å²) in [5.74, 6) is 0.378. The minimum absolute atomic E-state index is 0.0464. The Kier molecular flexibility index (Phi) is 2.78. The maximum atomic E-state index is 11.4. The summed E-state index contributed by atoms with van der Waals surface area (Å²) in [4.78, 5) is 15.3. The number of amides is 1. The van der Waals surface area contributed by atoms with Gasteiger partial charge in [-0.2, -0.15) is 0 Å². The van der Waals surface area contributed by atoms with Crippen LogP contribution in [0.15, 0.2) is 12.5 Å². The van der Waals surface area contributed by atoms with Gasteiger partial charge in [0.2, 0.25) is 5.91 Å². The van der Waals surface area contributed by atoms with Crippen LogP contribution in [-0.4, -0.2) is 21.0 Å². The van der Waals surface area contributed by atoms with Gasteiger partial charge in [-0.05, 0) is 20.8 Å². The maximum absolute atomic E-state index is 11.4. The molecule has 0 bridgehead atoms. The fraction of sp³-hybridized carbons (Fsp3) is 0.556. The number of imidazole rings is 1. The second-order valence-electron chi connectivity index (χ2n) is 4.27. The van der Waals surface area contributed by atoms with Crippen molar-refractivity contribution in [1.82, 2.24) is 14.9 Å². The molecule has 0 unspecified atom stereocenters.